The predicted molar refractivity (Wildman–Crippen MR) is 62.1 cm³/mol. The van der Waals surface area contributed by atoms with E-state index >= 15 is 0 Å². The van der Waals surface area contributed by atoms with Crippen LogP contribution < -0.4 is 0 Å². The summed E-state index contributed by atoms with van der Waals surface area (Å²) in [6.45, 7) is 2.10. The SMILES string of the molecule is CCCc1cc(Cl)nc(-c2ccncn2)n1. The molecule has 0 fully saturated rings. The summed E-state index contributed by atoms with van der Waals surface area (Å²) in [5.41, 5.74) is 1.63. The van der Waals surface area contributed by atoms with Crippen LogP contribution in [0.4, 0.5) is 0 Å². The van der Waals surface area contributed by atoms with Crippen LogP contribution in [0.3, 0.4) is 0 Å². The van der Waals surface area contributed by atoms with Gasteiger partial charge in [-0.3, -0.25) is 0 Å². The molecule has 0 unspecified atom stereocenters. The predicted octanol–water partition coefficient (Wildman–Crippen LogP) is 2.54. The average Bonchev–Trinajstić information content (AvgIpc) is 2.30. The van der Waals surface area contributed by atoms with Crippen molar-refractivity contribution in [1.29, 1.82) is 0 Å². The summed E-state index contributed by atoms with van der Waals surface area (Å²) in [6.07, 6.45) is 5.04. The quantitative estimate of drug-likeness (QED) is 0.766. The van der Waals surface area contributed by atoms with E-state index in [0.29, 0.717) is 16.7 Å². The van der Waals surface area contributed by atoms with Crippen molar-refractivity contribution in [2.45, 2.75) is 19.8 Å². The van der Waals surface area contributed by atoms with E-state index < -0.39 is 0 Å². The van der Waals surface area contributed by atoms with Crippen LogP contribution in [-0.2, 0) is 6.42 Å². The van der Waals surface area contributed by atoms with E-state index in [-0.39, 0.29) is 0 Å². The normalized spacial score (nSPS) is 10.4. The number of aromatic nitrogens is 4. The van der Waals surface area contributed by atoms with Gasteiger partial charge < -0.3 is 0 Å². The molecule has 0 radical (unpaired) electrons. The van der Waals surface area contributed by atoms with Crippen molar-refractivity contribution in [3.8, 4) is 11.5 Å². The summed E-state index contributed by atoms with van der Waals surface area (Å²) in [5.74, 6) is 0.554. The van der Waals surface area contributed by atoms with E-state index in [4.69, 9.17) is 11.6 Å². The van der Waals surface area contributed by atoms with Gasteiger partial charge in [-0.15, -0.1) is 0 Å². The third kappa shape index (κ3) is 2.52. The maximum Gasteiger partial charge on any atom is 0.179 e. The summed E-state index contributed by atoms with van der Waals surface area (Å²) in [6, 6.07) is 3.55. The van der Waals surface area contributed by atoms with Gasteiger partial charge in [0.1, 0.15) is 17.2 Å². The highest BCUT2D eigenvalue weighted by atomic mass is 35.5. The molecule has 82 valence electrons. The summed E-state index contributed by atoms with van der Waals surface area (Å²) in [5, 5.41) is 0.451. The zero-order valence-corrected chi connectivity index (χ0v) is 9.65. The summed E-state index contributed by atoms with van der Waals surface area (Å²) >= 11 is 5.94. The lowest BCUT2D eigenvalue weighted by Crippen LogP contribution is -1.97. The van der Waals surface area contributed by atoms with E-state index in [1.165, 1.54) is 6.33 Å². The number of hydrogen-bond acceptors (Lipinski definition) is 4. The smallest absolute Gasteiger partial charge is 0.179 e. The summed E-state index contributed by atoms with van der Waals surface area (Å²) < 4.78 is 0. The van der Waals surface area contributed by atoms with Gasteiger partial charge in [-0.25, -0.2) is 19.9 Å². The molecule has 0 atom stereocenters. The maximum absolute atomic E-state index is 5.94. The van der Waals surface area contributed by atoms with Gasteiger partial charge >= 0.3 is 0 Å². The number of nitrogens with zero attached hydrogens (tertiary/aromatic N) is 4. The highest BCUT2D eigenvalue weighted by Crippen LogP contribution is 2.16. The second-order valence-corrected chi connectivity index (χ2v) is 3.74. The van der Waals surface area contributed by atoms with Crippen molar-refractivity contribution in [2.24, 2.45) is 0 Å². The Morgan fingerprint density at radius 3 is 2.88 bits per heavy atom. The van der Waals surface area contributed by atoms with Crippen molar-refractivity contribution in [3.05, 3.63) is 35.5 Å². The molecule has 0 amide bonds. The molecule has 2 aromatic rings. The van der Waals surface area contributed by atoms with Crippen LogP contribution >= 0.6 is 11.6 Å². The molecule has 16 heavy (non-hydrogen) atoms. The van der Waals surface area contributed by atoms with Crippen molar-refractivity contribution in [2.75, 3.05) is 0 Å². The second kappa shape index (κ2) is 4.99. The molecule has 0 aliphatic heterocycles. The molecule has 0 aliphatic carbocycles. The van der Waals surface area contributed by atoms with Crippen LogP contribution in [0.1, 0.15) is 19.0 Å². The summed E-state index contributed by atoms with van der Waals surface area (Å²) in [4.78, 5) is 16.5. The van der Waals surface area contributed by atoms with Gasteiger partial charge in [0.15, 0.2) is 5.82 Å². The Labute approximate surface area is 98.8 Å². The molecule has 4 nitrogen and oxygen atoms in total. The number of hydrogen-bond donors (Lipinski definition) is 0. The first-order chi connectivity index (χ1) is 7.79. The van der Waals surface area contributed by atoms with Gasteiger partial charge in [-0.2, -0.15) is 0 Å². The topological polar surface area (TPSA) is 51.6 Å². The second-order valence-electron chi connectivity index (χ2n) is 3.35. The minimum atomic E-state index is 0.451. The van der Waals surface area contributed by atoms with Crippen LogP contribution in [0.5, 0.6) is 0 Å². The number of aryl methyl sites for hydroxylation is 1. The Morgan fingerprint density at radius 2 is 2.19 bits per heavy atom. The summed E-state index contributed by atoms with van der Waals surface area (Å²) in [7, 11) is 0. The first-order valence-corrected chi connectivity index (χ1v) is 5.47. The van der Waals surface area contributed by atoms with E-state index in [1.807, 2.05) is 0 Å². The van der Waals surface area contributed by atoms with Crippen LogP contribution in [0.25, 0.3) is 11.5 Å². The molecule has 0 aliphatic rings. The van der Waals surface area contributed by atoms with Crippen LogP contribution in [0, 0.1) is 0 Å². The number of rotatable bonds is 3. The minimum Gasteiger partial charge on any atom is -0.245 e. The van der Waals surface area contributed by atoms with Gasteiger partial charge in [0.25, 0.3) is 0 Å². The molecule has 2 aromatic heterocycles. The van der Waals surface area contributed by atoms with Crippen molar-refractivity contribution in [3.63, 3.8) is 0 Å². The molecular formula is C11H11ClN4. The van der Waals surface area contributed by atoms with E-state index in [1.54, 1.807) is 18.3 Å². The minimum absolute atomic E-state index is 0.451. The maximum atomic E-state index is 5.94. The number of halogens is 1. The standard InChI is InChI=1S/C11H11ClN4/c1-2-3-8-6-10(12)16-11(15-8)9-4-5-13-7-14-9/h4-7H,2-3H2,1H3. The van der Waals surface area contributed by atoms with Crippen molar-refractivity contribution in [1.82, 2.24) is 19.9 Å². The highest BCUT2D eigenvalue weighted by molar-refractivity contribution is 6.29. The van der Waals surface area contributed by atoms with Gasteiger partial charge in [-0.1, -0.05) is 24.9 Å². The molecule has 0 N–H and O–H groups in total. The lowest BCUT2D eigenvalue weighted by molar-refractivity contribution is 0.873. The molecule has 2 rings (SSSR count). The van der Waals surface area contributed by atoms with E-state index in [2.05, 4.69) is 26.9 Å². The van der Waals surface area contributed by atoms with Gasteiger partial charge in [0, 0.05) is 11.9 Å². The van der Waals surface area contributed by atoms with Crippen LogP contribution in [0.2, 0.25) is 5.15 Å². The molecule has 0 bridgehead atoms. The molecule has 0 saturated carbocycles. The zero-order chi connectivity index (χ0) is 11.4. The van der Waals surface area contributed by atoms with E-state index in [0.717, 1.165) is 18.5 Å². The Bertz CT molecular complexity index is 473. The Kier molecular flexibility index (Phi) is 3.41. The molecule has 2 heterocycles. The van der Waals surface area contributed by atoms with Crippen LogP contribution in [-0.4, -0.2) is 19.9 Å². The molecular weight excluding hydrogens is 224 g/mol. The Hall–Kier alpha value is -1.55. The lowest BCUT2D eigenvalue weighted by atomic mass is 10.2. The largest absolute Gasteiger partial charge is 0.245 e. The Balaban J connectivity index is 2.41. The first-order valence-electron chi connectivity index (χ1n) is 5.09. The van der Waals surface area contributed by atoms with Crippen molar-refractivity contribution < 1.29 is 0 Å². The zero-order valence-electron chi connectivity index (χ0n) is 8.89. The first kappa shape index (κ1) is 11.0. The fourth-order valence-corrected chi connectivity index (χ4v) is 1.59. The fraction of sp³-hybridized carbons (Fsp3) is 0.273. The van der Waals surface area contributed by atoms with Gasteiger partial charge in [-0.05, 0) is 18.6 Å². The molecule has 0 spiro atoms. The molecule has 0 aromatic carbocycles. The monoisotopic (exact) mass is 234 g/mol. The highest BCUT2D eigenvalue weighted by Gasteiger charge is 2.06. The molecule has 0 saturated heterocycles. The average molecular weight is 235 g/mol. The van der Waals surface area contributed by atoms with E-state index in [9.17, 15) is 0 Å². The third-order valence-corrected chi connectivity index (χ3v) is 2.26. The van der Waals surface area contributed by atoms with Gasteiger partial charge in [0.05, 0.1) is 0 Å². The van der Waals surface area contributed by atoms with Crippen LogP contribution in [0.15, 0.2) is 24.7 Å². The van der Waals surface area contributed by atoms with Crippen molar-refractivity contribution >= 4 is 11.6 Å². The third-order valence-electron chi connectivity index (χ3n) is 2.07. The fourth-order valence-electron chi connectivity index (χ4n) is 1.39. The lowest BCUT2D eigenvalue weighted by Gasteiger charge is -2.03. The Morgan fingerprint density at radius 1 is 1.31 bits per heavy atom. The molecule has 5 heteroatoms. The van der Waals surface area contributed by atoms with Gasteiger partial charge in [0.2, 0.25) is 0 Å².